The molecule has 0 spiro atoms. The van der Waals surface area contributed by atoms with Crippen LogP contribution in [0, 0.1) is 13.8 Å². The third-order valence-corrected chi connectivity index (χ3v) is 8.16. The lowest BCUT2D eigenvalue weighted by molar-refractivity contribution is 0.102. The molecule has 0 bridgehead atoms. The van der Waals surface area contributed by atoms with Crippen LogP contribution in [0.5, 0.6) is 0 Å². The van der Waals surface area contributed by atoms with Gasteiger partial charge in [-0.3, -0.25) is 14.8 Å². The van der Waals surface area contributed by atoms with Crippen molar-refractivity contribution in [2.45, 2.75) is 20.4 Å². The quantitative estimate of drug-likeness (QED) is 0.106. The molecule has 11 nitrogen and oxygen atoms in total. The maximum Gasteiger partial charge on any atom is 0.255 e. The van der Waals surface area contributed by atoms with E-state index in [0.29, 0.717) is 29.7 Å². The van der Waals surface area contributed by atoms with E-state index in [-0.39, 0.29) is 5.91 Å². The van der Waals surface area contributed by atoms with Crippen molar-refractivity contribution < 1.29 is 4.79 Å². The zero-order valence-electron chi connectivity index (χ0n) is 28.0. The number of pyridine rings is 2. The van der Waals surface area contributed by atoms with Gasteiger partial charge in [-0.15, -0.1) is 0 Å². The molecule has 0 saturated carbocycles. The van der Waals surface area contributed by atoms with Crippen molar-refractivity contribution in [2.24, 2.45) is 0 Å². The molecule has 4 N–H and O–H groups in total. The minimum Gasteiger partial charge on any atom is -0.381 e. The maximum absolute atomic E-state index is 13.2. The lowest BCUT2D eigenvalue weighted by Crippen LogP contribution is -2.12. The number of amides is 1. The molecular weight excluding hydrogens is 637 g/mol. The minimum absolute atomic E-state index is 0.205. The highest BCUT2D eigenvalue weighted by molar-refractivity contribution is 6.04. The first-order chi connectivity index (χ1) is 25.0. The molecule has 0 atom stereocenters. The Kier molecular flexibility index (Phi) is 9.59. The summed E-state index contributed by atoms with van der Waals surface area (Å²) in [6, 6.07) is 30.7. The lowest BCUT2D eigenvalue weighted by atomic mass is 10.1. The molecule has 0 aliphatic carbocycles. The molecule has 0 radical (unpaired) electrons. The Morgan fingerprint density at radius 1 is 0.608 bits per heavy atom. The first-order valence-electron chi connectivity index (χ1n) is 16.3. The summed E-state index contributed by atoms with van der Waals surface area (Å²) in [6.07, 6.45) is 10.4. The minimum atomic E-state index is -0.205. The van der Waals surface area contributed by atoms with E-state index >= 15 is 0 Å². The van der Waals surface area contributed by atoms with Crippen molar-refractivity contribution in [1.29, 1.82) is 0 Å². The van der Waals surface area contributed by atoms with Crippen molar-refractivity contribution in [3.05, 3.63) is 156 Å². The number of aromatic nitrogens is 6. The molecule has 4 heterocycles. The highest BCUT2D eigenvalue weighted by atomic mass is 16.1. The van der Waals surface area contributed by atoms with Crippen molar-refractivity contribution in [2.75, 3.05) is 21.3 Å². The molecule has 0 fully saturated rings. The number of anilines is 6. The molecule has 4 aromatic heterocycles. The molecule has 51 heavy (non-hydrogen) atoms. The van der Waals surface area contributed by atoms with Crippen LogP contribution in [0.3, 0.4) is 0 Å². The molecule has 7 rings (SSSR count). The van der Waals surface area contributed by atoms with Gasteiger partial charge in [0.15, 0.2) is 0 Å². The normalized spacial score (nSPS) is 10.7. The number of carbonyl (C=O) groups is 1. The van der Waals surface area contributed by atoms with Crippen LogP contribution >= 0.6 is 0 Å². The van der Waals surface area contributed by atoms with Gasteiger partial charge < -0.3 is 21.3 Å². The summed E-state index contributed by atoms with van der Waals surface area (Å²) in [5.74, 6) is 0.748. The zero-order chi connectivity index (χ0) is 35.0. The summed E-state index contributed by atoms with van der Waals surface area (Å²) in [5, 5.41) is 13.1. The maximum atomic E-state index is 13.2. The van der Waals surface area contributed by atoms with E-state index in [4.69, 9.17) is 0 Å². The summed E-state index contributed by atoms with van der Waals surface area (Å²) in [7, 11) is 0. The number of aryl methyl sites for hydroxylation is 2. The Morgan fingerprint density at radius 2 is 1.16 bits per heavy atom. The average Bonchev–Trinajstić information content (AvgIpc) is 3.17. The van der Waals surface area contributed by atoms with E-state index in [2.05, 4.69) is 51.2 Å². The molecule has 0 saturated heterocycles. The predicted molar refractivity (Wildman–Crippen MR) is 201 cm³/mol. The van der Waals surface area contributed by atoms with Crippen LogP contribution in [0.4, 0.5) is 34.6 Å². The Hall–Kier alpha value is -7.01. The lowest BCUT2D eigenvalue weighted by Gasteiger charge is -2.13. The molecule has 3 aromatic carbocycles. The summed E-state index contributed by atoms with van der Waals surface area (Å²) < 4.78 is 0. The predicted octanol–water partition coefficient (Wildman–Crippen LogP) is 8.36. The largest absolute Gasteiger partial charge is 0.381 e. The van der Waals surface area contributed by atoms with Crippen LogP contribution in [0.1, 0.15) is 27.0 Å². The van der Waals surface area contributed by atoms with Crippen LogP contribution < -0.4 is 21.3 Å². The monoisotopic (exact) mass is 670 g/mol. The third-order valence-electron chi connectivity index (χ3n) is 8.16. The standard InChI is InChI=1S/C40H34N10O/c1-26-7-13-32(21-36(26)49-39-43-19-15-34(47-39)30-5-3-17-41-24-30)45-23-28-9-11-29(12-10-28)38(51)46-33-14-8-27(2)37(22-33)50-40-44-20-16-35(48-40)31-6-4-18-42-25-31/h3-22,24-25,45H,23H2,1-2H3,(H,46,51)(H,43,47,49)(H,44,48,50). The first kappa shape index (κ1) is 32.5. The summed E-state index contributed by atoms with van der Waals surface area (Å²) in [4.78, 5) is 39.6. The fourth-order valence-corrected chi connectivity index (χ4v) is 5.31. The highest BCUT2D eigenvalue weighted by Crippen LogP contribution is 2.26. The SMILES string of the molecule is Cc1ccc(NCc2ccc(C(=O)Nc3ccc(C)c(Nc4nccc(-c5cccnc5)n4)c3)cc2)cc1Nc1nccc(-c2cccnc2)n1. The van der Waals surface area contributed by atoms with Crippen molar-refractivity contribution in [1.82, 2.24) is 29.9 Å². The summed E-state index contributed by atoms with van der Waals surface area (Å²) in [5.41, 5.74) is 10.3. The second-order valence-electron chi connectivity index (χ2n) is 11.8. The van der Waals surface area contributed by atoms with Crippen LogP contribution in [-0.2, 0) is 6.54 Å². The Labute approximate surface area is 295 Å². The van der Waals surface area contributed by atoms with Gasteiger partial charge in [-0.25, -0.2) is 19.9 Å². The molecule has 0 aliphatic rings. The van der Waals surface area contributed by atoms with Crippen molar-refractivity contribution in [3.63, 3.8) is 0 Å². The van der Waals surface area contributed by atoms with Crippen LogP contribution in [0.25, 0.3) is 22.5 Å². The van der Waals surface area contributed by atoms with Gasteiger partial charge >= 0.3 is 0 Å². The molecule has 250 valence electrons. The van der Waals surface area contributed by atoms with Gasteiger partial charge in [0.1, 0.15) is 0 Å². The van der Waals surface area contributed by atoms with Gasteiger partial charge in [-0.1, -0.05) is 24.3 Å². The molecule has 0 aliphatic heterocycles. The number of carbonyl (C=O) groups excluding carboxylic acids is 1. The molecular formula is C40H34N10O. The number of benzene rings is 3. The van der Waals surface area contributed by atoms with E-state index in [1.165, 1.54) is 0 Å². The third kappa shape index (κ3) is 8.18. The zero-order valence-corrected chi connectivity index (χ0v) is 28.0. The molecule has 1 amide bonds. The average molecular weight is 671 g/mol. The number of hydrogen-bond acceptors (Lipinski definition) is 10. The van der Waals surface area contributed by atoms with Gasteiger partial charge in [0.05, 0.1) is 11.4 Å². The topological polar surface area (TPSA) is 143 Å². The fourth-order valence-electron chi connectivity index (χ4n) is 5.31. The summed E-state index contributed by atoms with van der Waals surface area (Å²) >= 11 is 0. The van der Waals surface area contributed by atoms with E-state index < -0.39 is 0 Å². The van der Waals surface area contributed by atoms with Crippen LogP contribution in [0.15, 0.2) is 134 Å². The van der Waals surface area contributed by atoms with E-state index in [1.54, 1.807) is 37.2 Å². The fraction of sp³-hybridized carbons (Fsp3) is 0.0750. The van der Waals surface area contributed by atoms with Gasteiger partial charge in [0, 0.05) is 83.2 Å². The summed E-state index contributed by atoms with van der Waals surface area (Å²) in [6.45, 7) is 4.59. The Bertz CT molecular complexity index is 2280. The second-order valence-corrected chi connectivity index (χ2v) is 11.8. The van der Waals surface area contributed by atoms with Gasteiger partial charge in [0.25, 0.3) is 5.91 Å². The van der Waals surface area contributed by atoms with E-state index in [0.717, 1.165) is 56.3 Å². The van der Waals surface area contributed by atoms with Crippen LogP contribution in [-0.4, -0.2) is 35.8 Å². The van der Waals surface area contributed by atoms with Crippen LogP contribution in [0.2, 0.25) is 0 Å². The van der Waals surface area contributed by atoms with Gasteiger partial charge in [0.2, 0.25) is 11.9 Å². The number of nitrogens with zero attached hydrogens (tertiary/aromatic N) is 6. The Morgan fingerprint density at radius 3 is 1.71 bits per heavy atom. The number of rotatable bonds is 11. The number of hydrogen-bond donors (Lipinski definition) is 4. The second kappa shape index (κ2) is 15.0. The van der Waals surface area contributed by atoms with E-state index in [1.807, 2.05) is 111 Å². The van der Waals surface area contributed by atoms with Crippen molar-refractivity contribution in [3.8, 4) is 22.5 Å². The Balaban J connectivity index is 0.962. The van der Waals surface area contributed by atoms with Gasteiger partial charge in [-0.2, -0.15) is 0 Å². The first-order valence-corrected chi connectivity index (χ1v) is 16.3. The molecule has 7 aromatic rings. The smallest absolute Gasteiger partial charge is 0.255 e. The van der Waals surface area contributed by atoms with Gasteiger partial charge in [-0.05, 0) is 103 Å². The number of nitrogens with one attached hydrogen (secondary N) is 4. The van der Waals surface area contributed by atoms with E-state index in [9.17, 15) is 4.79 Å². The van der Waals surface area contributed by atoms with Crippen molar-refractivity contribution >= 4 is 40.6 Å². The molecule has 0 unspecified atom stereocenters. The highest BCUT2D eigenvalue weighted by Gasteiger charge is 2.11. The molecule has 11 heteroatoms.